The second-order valence-corrected chi connectivity index (χ2v) is 5.96. The van der Waals surface area contributed by atoms with E-state index in [2.05, 4.69) is 5.32 Å². The van der Waals surface area contributed by atoms with Crippen molar-refractivity contribution in [2.75, 3.05) is 19.8 Å². The van der Waals surface area contributed by atoms with Crippen LogP contribution in [0.1, 0.15) is 18.1 Å². The summed E-state index contributed by atoms with van der Waals surface area (Å²) in [5.41, 5.74) is -0.630. The van der Waals surface area contributed by atoms with E-state index < -0.39 is 23.1 Å². The number of halogens is 2. The minimum absolute atomic E-state index is 0.0841. The molecule has 0 bridgehead atoms. The van der Waals surface area contributed by atoms with Crippen LogP contribution in [-0.4, -0.2) is 30.8 Å². The number of carbonyl (C=O) groups excluding carboxylic acids is 1. The summed E-state index contributed by atoms with van der Waals surface area (Å²) in [6.07, 6.45) is 0.687. The molecule has 0 aliphatic carbocycles. The van der Waals surface area contributed by atoms with Crippen molar-refractivity contribution in [1.82, 2.24) is 5.32 Å². The first-order chi connectivity index (χ1) is 11.9. The Morgan fingerprint density at radius 1 is 1.20 bits per heavy atom. The van der Waals surface area contributed by atoms with Crippen LogP contribution in [0.15, 0.2) is 48.5 Å². The zero-order valence-corrected chi connectivity index (χ0v) is 14.0. The monoisotopic (exact) mass is 349 g/mol. The van der Waals surface area contributed by atoms with E-state index in [-0.39, 0.29) is 18.7 Å². The number of carbonyl (C=O) groups is 1. The zero-order chi connectivity index (χ0) is 18.3. The van der Waals surface area contributed by atoms with E-state index in [1.807, 2.05) is 30.3 Å². The second-order valence-electron chi connectivity index (χ2n) is 5.96. The van der Waals surface area contributed by atoms with Crippen LogP contribution in [-0.2, 0) is 21.6 Å². The van der Waals surface area contributed by atoms with Crippen LogP contribution in [0.2, 0.25) is 0 Å². The smallest absolute Gasteiger partial charge is 0.246 e. The average Bonchev–Trinajstić information content (AvgIpc) is 2.57. The van der Waals surface area contributed by atoms with Crippen molar-refractivity contribution in [3.63, 3.8) is 0 Å². The summed E-state index contributed by atoms with van der Waals surface area (Å²) in [6.45, 7) is 1.37. The van der Waals surface area contributed by atoms with Gasteiger partial charge in [0.25, 0.3) is 0 Å². The minimum Gasteiger partial charge on any atom is -0.383 e. The number of amides is 1. The van der Waals surface area contributed by atoms with E-state index in [1.165, 1.54) is 6.92 Å². The molecule has 0 fully saturated rings. The number of benzene rings is 2. The lowest BCUT2D eigenvalue weighted by atomic mass is 9.95. The van der Waals surface area contributed by atoms with Crippen molar-refractivity contribution >= 4 is 5.91 Å². The van der Waals surface area contributed by atoms with Gasteiger partial charge < -0.3 is 15.2 Å². The lowest BCUT2D eigenvalue weighted by Crippen LogP contribution is -2.40. The summed E-state index contributed by atoms with van der Waals surface area (Å²) in [7, 11) is 0. The van der Waals surface area contributed by atoms with Crippen molar-refractivity contribution in [3.05, 3.63) is 71.3 Å². The molecule has 0 saturated carbocycles. The number of aliphatic hydroxyl groups is 1. The van der Waals surface area contributed by atoms with Crippen LogP contribution in [0.5, 0.6) is 0 Å². The van der Waals surface area contributed by atoms with Gasteiger partial charge in [0.05, 0.1) is 13.2 Å². The van der Waals surface area contributed by atoms with Crippen molar-refractivity contribution in [2.45, 2.75) is 18.9 Å². The van der Waals surface area contributed by atoms with E-state index in [0.717, 1.165) is 17.7 Å². The summed E-state index contributed by atoms with van der Waals surface area (Å²) in [6, 6.07) is 12.6. The lowest BCUT2D eigenvalue weighted by Gasteiger charge is -2.24. The fourth-order valence-corrected chi connectivity index (χ4v) is 2.34. The molecule has 0 aliphatic heterocycles. The Labute approximate surface area is 145 Å². The van der Waals surface area contributed by atoms with Gasteiger partial charge in [-0.05, 0) is 25.0 Å². The number of hydrogen-bond acceptors (Lipinski definition) is 3. The zero-order valence-electron chi connectivity index (χ0n) is 14.0. The van der Waals surface area contributed by atoms with Crippen molar-refractivity contribution < 1.29 is 23.4 Å². The molecular weight excluding hydrogens is 328 g/mol. The molecule has 2 N–H and O–H groups in total. The molecule has 2 aromatic carbocycles. The molecule has 2 aromatic rings. The van der Waals surface area contributed by atoms with Gasteiger partial charge in [-0.25, -0.2) is 8.78 Å². The highest BCUT2D eigenvalue weighted by Gasteiger charge is 2.27. The first-order valence-corrected chi connectivity index (χ1v) is 7.95. The van der Waals surface area contributed by atoms with Crippen LogP contribution in [0, 0.1) is 11.6 Å². The molecule has 0 spiro atoms. The quantitative estimate of drug-likeness (QED) is 0.720. The maximum absolute atomic E-state index is 13.7. The predicted molar refractivity (Wildman–Crippen MR) is 89.9 cm³/mol. The second kappa shape index (κ2) is 8.69. The number of rotatable bonds is 8. The van der Waals surface area contributed by atoms with Gasteiger partial charge in [0.15, 0.2) is 0 Å². The van der Waals surface area contributed by atoms with Crippen LogP contribution < -0.4 is 5.32 Å². The first-order valence-electron chi connectivity index (χ1n) is 7.95. The third kappa shape index (κ3) is 5.92. The highest BCUT2D eigenvalue weighted by atomic mass is 19.1. The third-order valence-corrected chi connectivity index (χ3v) is 3.75. The van der Waals surface area contributed by atoms with Gasteiger partial charge >= 0.3 is 0 Å². The van der Waals surface area contributed by atoms with Crippen molar-refractivity contribution in [3.8, 4) is 0 Å². The summed E-state index contributed by atoms with van der Waals surface area (Å²) < 4.78 is 32.0. The molecule has 1 atom stereocenters. The standard InChI is InChI=1S/C19H21F2NO3/c1-19(24,16-8-7-15(20)11-17(16)21)13-22-18(23)12-25-10-9-14-5-3-2-4-6-14/h2-8,11,24H,9-10,12-13H2,1H3,(H,22,23). The molecule has 0 aromatic heterocycles. The summed E-state index contributed by atoms with van der Waals surface area (Å²) in [4.78, 5) is 11.8. The summed E-state index contributed by atoms with van der Waals surface area (Å²) in [5, 5.41) is 12.8. The Bertz CT molecular complexity index is 705. The maximum Gasteiger partial charge on any atom is 0.246 e. The van der Waals surface area contributed by atoms with E-state index in [9.17, 15) is 18.7 Å². The average molecular weight is 349 g/mol. The molecule has 0 saturated heterocycles. The highest BCUT2D eigenvalue weighted by Crippen LogP contribution is 2.23. The van der Waals surface area contributed by atoms with Gasteiger partial charge in [-0.3, -0.25) is 4.79 Å². The van der Waals surface area contributed by atoms with Gasteiger partial charge in [0.2, 0.25) is 5.91 Å². The topological polar surface area (TPSA) is 58.6 Å². The maximum atomic E-state index is 13.7. The van der Waals surface area contributed by atoms with Gasteiger partial charge in [-0.2, -0.15) is 0 Å². The highest BCUT2D eigenvalue weighted by molar-refractivity contribution is 5.77. The molecule has 1 unspecified atom stereocenters. The molecule has 0 aliphatic rings. The Balaban J connectivity index is 1.75. The molecule has 25 heavy (non-hydrogen) atoms. The molecule has 4 nitrogen and oxygen atoms in total. The van der Waals surface area contributed by atoms with E-state index in [1.54, 1.807) is 0 Å². The Morgan fingerprint density at radius 3 is 2.60 bits per heavy atom. The minimum atomic E-state index is -1.66. The van der Waals surface area contributed by atoms with Gasteiger partial charge in [-0.15, -0.1) is 0 Å². The fraction of sp³-hybridized carbons (Fsp3) is 0.316. The number of ether oxygens (including phenoxy) is 1. The lowest BCUT2D eigenvalue weighted by molar-refractivity contribution is -0.126. The molecule has 2 rings (SSSR count). The molecule has 1 amide bonds. The van der Waals surface area contributed by atoms with E-state index in [4.69, 9.17) is 4.74 Å². The van der Waals surface area contributed by atoms with Crippen LogP contribution in [0.3, 0.4) is 0 Å². The molecule has 134 valence electrons. The van der Waals surface area contributed by atoms with Gasteiger partial charge in [0, 0.05) is 11.6 Å². The van der Waals surface area contributed by atoms with Crippen molar-refractivity contribution in [1.29, 1.82) is 0 Å². The molecular formula is C19H21F2NO3. The largest absolute Gasteiger partial charge is 0.383 e. The van der Waals surface area contributed by atoms with E-state index >= 15 is 0 Å². The molecule has 6 heteroatoms. The Morgan fingerprint density at radius 2 is 1.92 bits per heavy atom. The third-order valence-electron chi connectivity index (χ3n) is 3.75. The van der Waals surface area contributed by atoms with Crippen molar-refractivity contribution in [2.24, 2.45) is 0 Å². The molecule has 0 radical (unpaired) electrons. The Kier molecular flexibility index (Phi) is 6.61. The first kappa shape index (κ1) is 19.0. The van der Waals surface area contributed by atoms with E-state index in [0.29, 0.717) is 19.1 Å². The van der Waals surface area contributed by atoms with Crippen LogP contribution in [0.4, 0.5) is 8.78 Å². The summed E-state index contributed by atoms with van der Waals surface area (Å²) >= 11 is 0. The van der Waals surface area contributed by atoms with Gasteiger partial charge in [-0.1, -0.05) is 36.4 Å². The molecule has 0 heterocycles. The number of nitrogens with one attached hydrogen (secondary N) is 1. The van der Waals surface area contributed by atoms with Crippen LogP contribution >= 0.6 is 0 Å². The van der Waals surface area contributed by atoms with Crippen LogP contribution in [0.25, 0.3) is 0 Å². The fourth-order valence-electron chi connectivity index (χ4n) is 2.34. The summed E-state index contributed by atoms with van der Waals surface area (Å²) in [5.74, 6) is -2.01. The predicted octanol–water partition coefficient (Wildman–Crippen LogP) is 2.55. The SMILES string of the molecule is CC(O)(CNC(=O)COCCc1ccccc1)c1ccc(F)cc1F. The number of hydrogen-bond donors (Lipinski definition) is 2. The Hall–Kier alpha value is -2.31. The van der Waals surface area contributed by atoms with Gasteiger partial charge in [0.1, 0.15) is 23.8 Å². The normalized spacial score (nSPS) is 13.3.